The Bertz CT molecular complexity index is 1120. The van der Waals surface area contributed by atoms with Crippen LogP contribution in [0.4, 0.5) is 11.6 Å². The van der Waals surface area contributed by atoms with Crippen molar-refractivity contribution in [2.24, 2.45) is 5.92 Å². The van der Waals surface area contributed by atoms with Crippen LogP contribution >= 0.6 is 11.3 Å². The first-order valence-electron chi connectivity index (χ1n) is 12.4. The largest absolute Gasteiger partial charge is 0.476 e. The summed E-state index contributed by atoms with van der Waals surface area (Å²) in [6.07, 6.45) is 3.34. The van der Waals surface area contributed by atoms with Crippen molar-refractivity contribution in [3.63, 3.8) is 0 Å². The van der Waals surface area contributed by atoms with Gasteiger partial charge in [-0.2, -0.15) is 0 Å². The normalized spacial score (nSPS) is 18.8. The molecule has 3 aromatic heterocycles. The van der Waals surface area contributed by atoms with E-state index in [1.54, 1.807) is 11.3 Å². The molecule has 2 aliphatic heterocycles. The van der Waals surface area contributed by atoms with E-state index in [2.05, 4.69) is 47.2 Å². The molecule has 11 heteroatoms. The number of likely N-dealkylation sites (N-methyl/N-ethyl adjacent to an activating group) is 1. The number of ether oxygens (including phenoxy) is 1. The average Bonchev–Trinajstić information content (AvgIpc) is 3.47. The van der Waals surface area contributed by atoms with Crippen molar-refractivity contribution in [2.75, 3.05) is 69.3 Å². The number of nitrogens with zero attached hydrogens (tertiary/aromatic N) is 7. The lowest BCUT2D eigenvalue weighted by Crippen LogP contribution is -2.44. The predicted molar refractivity (Wildman–Crippen MR) is 141 cm³/mol. The van der Waals surface area contributed by atoms with Crippen LogP contribution in [0.2, 0.25) is 0 Å². The first kappa shape index (κ1) is 24.4. The van der Waals surface area contributed by atoms with Gasteiger partial charge in [-0.25, -0.2) is 9.97 Å². The van der Waals surface area contributed by atoms with Crippen LogP contribution < -0.4 is 19.9 Å². The Labute approximate surface area is 215 Å². The lowest BCUT2D eigenvalue weighted by atomic mass is 9.97. The molecule has 0 saturated carbocycles. The fourth-order valence-electron chi connectivity index (χ4n) is 4.54. The summed E-state index contributed by atoms with van der Waals surface area (Å²) in [7, 11) is 2.13. The molecule has 1 amide bonds. The van der Waals surface area contributed by atoms with Crippen molar-refractivity contribution in [3.05, 3.63) is 42.0 Å². The van der Waals surface area contributed by atoms with Crippen LogP contribution in [-0.4, -0.2) is 90.4 Å². The van der Waals surface area contributed by atoms with Crippen LogP contribution in [0.5, 0.6) is 5.88 Å². The highest BCUT2D eigenvalue weighted by atomic mass is 32.1. The Hall–Kier alpha value is -3.31. The van der Waals surface area contributed by atoms with Crippen molar-refractivity contribution < 1.29 is 9.53 Å². The maximum Gasteiger partial charge on any atom is 0.225 e. The summed E-state index contributed by atoms with van der Waals surface area (Å²) in [4.78, 5) is 29.2. The van der Waals surface area contributed by atoms with E-state index in [0.717, 1.165) is 67.8 Å². The summed E-state index contributed by atoms with van der Waals surface area (Å²) in [6, 6.07) is 9.91. The van der Waals surface area contributed by atoms with Gasteiger partial charge in [-0.05, 0) is 43.5 Å². The number of rotatable bonds is 8. The van der Waals surface area contributed by atoms with Gasteiger partial charge in [-0.15, -0.1) is 21.5 Å². The molecular formula is C25H32N8O2S. The lowest BCUT2D eigenvalue weighted by molar-refractivity contribution is -0.125. The number of aromatic nitrogens is 4. The monoisotopic (exact) mass is 508 g/mol. The molecule has 1 unspecified atom stereocenters. The molecular weight excluding hydrogens is 476 g/mol. The van der Waals surface area contributed by atoms with Crippen LogP contribution in [0.15, 0.2) is 42.0 Å². The molecule has 1 N–H and O–H groups in total. The van der Waals surface area contributed by atoms with Gasteiger partial charge in [0, 0.05) is 45.3 Å². The minimum absolute atomic E-state index is 0.0484. The van der Waals surface area contributed by atoms with E-state index in [1.807, 2.05) is 35.7 Å². The van der Waals surface area contributed by atoms with Crippen LogP contribution in [0, 0.1) is 5.92 Å². The standard InChI is InChI=1S/C25H32N8O2S/c1-31-10-12-32(13-11-31)23-16-24(28-18-27-23)35-14-8-26-25(34)19-4-2-9-33(17-19)22-7-6-20(29-30-22)21-5-3-15-36-21/h3,5-7,15-16,18-19H,2,4,8-14,17H2,1H3,(H,26,34). The molecule has 0 radical (unpaired) electrons. The molecule has 190 valence electrons. The SMILES string of the molecule is CN1CCN(c2cc(OCCNC(=O)C3CCCN(c4ccc(-c5cccs5)nn4)C3)ncn2)CC1. The van der Waals surface area contributed by atoms with Crippen molar-refractivity contribution in [2.45, 2.75) is 12.8 Å². The highest BCUT2D eigenvalue weighted by Crippen LogP contribution is 2.25. The summed E-state index contributed by atoms with van der Waals surface area (Å²) in [5, 5.41) is 13.9. The number of piperidine rings is 1. The number of amides is 1. The summed E-state index contributed by atoms with van der Waals surface area (Å²) in [5.74, 6) is 2.19. The van der Waals surface area contributed by atoms with E-state index in [4.69, 9.17) is 4.74 Å². The zero-order chi connectivity index (χ0) is 24.7. The van der Waals surface area contributed by atoms with Gasteiger partial charge < -0.3 is 24.8 Å². The molecule has 36 heavy (non-hydrogen) atoms. The zero-order valence-electron chi connectivity index (χ0n) is 20.5. The fourth-order valence-corrected chi connectivity index (χ4v) is 5.23. The molecule has 3 aromatic rings. The molecule has 2 saturated heterocycles. The molecule has 2 aliphatic rings. The Morgan fingerprint density at radius 2 is 1.97 bits per heavy atom. The second kappa shape index (κ2) is 11.6. The first-order chi connectivity index (χ1) is 17.7. The van der Waals surface area contributed by atoms with Crippen molar-refractivity contribution in [1.29, 1.82) is 0 Å². The third-order valence-electron chi connectivity index (χ3n) is 6.65. The highest BCUT2D eigenvalue weighted by Gasteiger charge is 2.26. The number of carbonyl (C=O) groups excluding carboxylic acids is 1. The highest BCUT2D eigenvalue weighted by molar-refractivity contribution is 7.13. The average molecular weight is 509 g/mol. The van der Waals surface area contributed by atoms with Crippen molar-refractivity contribution in [1.82, 2.24) is 30.4 Å². The number of hydrogen-bond donors (Lipinski definition) is 1. The molecule has 0 bridgehead atoms. The number of piperazine rings is 1. The van der Waals surface area contributed by atoms with E-state index in [-0.39, 0.29) is 11.8 Å². The van der Waals surface area contributed by atoms with Crippen molar-refractivity contribution in [3.8, 4) is 16.5 Å². The number of thiophene rings is 1. The molecule has 0 aliphatic carbocycles. The maximum atomic E-state index is 12.8. The number of hydrogen-bond acceptors (Lipinski definition) is 10. The van der Waals surface area contributed by atoms with E-state index >= 15 is 0 Å². The molecule has 1 atom stereocenters. The fraction of sp³-hybridized carbons (Fsp3) is 0.480. The van der Waals surface area contributed by atoms with Gasteiger partial charge in [-0.1, -0.05) is 6.07 Å². The van der Waals surface area contributed by atoms with Crippen molar-refractivity contribution >= 4 is 28.9 Å². The smallest absolute Gasteiger partial charge is 0.225 e. The second-order valence-corrected chi connectivity index (χ2v) is 10.1. The number of anilines is 2. The van der Waals surface area contributed by atoms with Gasteiger partial charge in [0.15, 0.2) is 5.82 Å². The third kappa shape index (κ3) is 6.08. The van der Waals surface area contributed by atoms with Crippen LogP contribution in [-0.2, 0) is 4.79 Å². The molecule has 0 aromatic carbocycles. The lowest BCUT2D eigenvalue weighted by Gasteiger charge is -2.33. The summed E-state index contributed by atoms with van der Waals surface area (Å²) in [5.41, 5.74) is 0.874. The molecule has 2 fully saturated rings. The van der Waals surface area contributed by atoms with E-state index in [1.165, 1.54) is 6.33 Å². The summed E-state index contributed by atoms with van der Waals surface area (Å²) in [6.45, 7) is 6.20. The Morgan fingerprint density at radius 3 is 2.75 bits per heavy atom. The Balaban J connectivity index is 1.07. The van der Waals surface area contributed by atoms with Gasteiger partial charge in [0.05, 0.1) is 17.3 Å². The Kier molecular flexibility index (Phi) is 7.87. The quantitative estimate of drug-likeness (QED) is 0.459. The van der Waals surface area contributed by atoms with Crippen LogP contribution in [0.3, 0.4) is 0 Å². The molecule has 10 nitrogen and oxygen atoms in total. The van der Waals surface area contributed by atoms with Crippen LogP contribution in [0.25, 0.3) is 10.6 Å². The van der Waals surface area contributed by atoms with Crippen LogP contribution in [0.1, 0.15) is 12.8 Å². The van der Waals surface area contributed by atoms with E-state index in [0.29, 0.717) is 25.6 Å². The van der Waals surface area contributed by atoms with E-state index in [9.17, 15) is 4.79 Å². The van der Waals surface area contributed by atoms with Gasteiger partial charge in [0.2, 0.25) is 11.8 Å². The number of nitrogens with one attached hydrogen (secondary N) is 1. The summed E-state index contributed by atoms with van der Waals surface area (Å²) < 4.78 is 5.80. The topological polar surface area (TPSA) is 99.6 Å². The molecule has 5 rings (SSSR count). The zero-order valence-corrected chi connectivity index (χ0v) is 21.4. The third-order valence-corrected chi connectivity index (χ3v) is 7.54. The van der Waals surface area contributed by atoms with Gasteiger partial charge in [0.1, 0.15) is 24.4 Å². The van der Waals surface area contributed by atoms with Gasteiger partial charge in [0.25, 0.3) is 0 Å². The number of carbonyl (C=O) groups is 1. The molecule has 0 spiro atoms. The molecule has 5 heterocycles. The van der Waals surface area contributed by atoms with E-state index < -0.39 is 0 Å². The second-order valence-electron chi connectivity index (χ2n) is 9.18. The first-order valence-corrected chi connectivity index (χ1v) is 13.3. The maximum absolute atomic E-state index is 12.8. The minimum atomic E-state index is -0.0830. The summed E-state index contributed by atoms with van der Waals surface area (Å²) >= 11 is 1.65. The predicted octanol–water partition coefficient (Wildman–Crippen LogP) is 2.16. The van der Waals surface area contributed by atoms with Gasteiger partial charge in [-0.3, -0.25) is 4.79 Å². The van der Waals surface area contributed by atoms with Gasteiger partial charge >= 0.3 is 0 Å². The Morgan fingerprint density at radius 1 is 1.08 bits per heavy atom. The minimum Gasteiger partial charge on any atom is -0.476 e.